The maximum Gasteiger partial charge on any atom is 0.185 e. The van der Waals surface area contributed by atoms with E-state index in [0.717, 1.165) is 0 Å². The van der Waals surface area contributed by atoms with Crippen LogP contribution in [-0.2, 0) is 18.9 Å². The van der Waals surface area contributed by atoms with Crippen LogP contribution < -0.4 is 0 Å². The Morgan fingerprint density at radius 3 is 2.64 bits per heavy atom. The average Bonchev–Trinajstić information content (AvgIpc) is 2.06. The zero-order valence-electron chi connectivity index (χ0n) is 6.91. The van der Waals surface area contributed by atoms with E-state index in [2.05, 4.69) is 0 Å². The molecule has 0 radical (unpaired) electrons. The topological polar surface area (TPSA) is 36.9 Å². The maximum atomic E-state index is 5.35. The molecule has 1 saturated heterocycles. The molecular weight excluding hydrogens is 148 g/mol. The predicted octanol–water partition coefficient (Wildman–Crippen LogP) is 0.0207. The van der Waals surface area contributed by atoms with Gasteiger partial charge in [-0.1, -0.05) is 0 Å². The fraction of sp³-hybridized carbons (Fsp3) is 1.00. The Morgan fingerprint density at radius 1 is 1.27 bits per heavy atom. The molecular formula is C7H14O4. The minimum absolute atomic E-state index is 0.0845. The van der Waals surface area contributed by atoms with Gasteiger partial charge in [-0.2, -0.15) is 0 Å². The zero-order chi connectivity index (χ0) is 8.10. The number of rotatable bonds is 3. The second-order valence-electron chi connectivity index (χ2n) is 2.34. The number of methoxy groups -OCH3 is 2. The second kappa shape index (κ2) is 4.66. The molecule has 0 aromatic rings. The van der Waals surface area contributed by atoms with Gasteiger partial charge >= 0.3 is 0 Å². The summed E-state index contributed by atoms with van der Waals surface area (Å²) in [6.45, 7) is 1.73. The first-order valence-electron chi connectivity index (χ1n) is 3.63. The summed E-state index contributed by atoms with van der Waals surface area (Å²) in [6.07, 6.45) is -0.359. The van der Waals surface area contributed by atoms with E-state index in [9.17, 15) is 0 Å². The minimum atomic E-state index is -0.274. The van der Waals surface area contributed by atoms with Crippen LogP contribution >= 0.6 is 0 Å². The molecule has 0 amide bonds. The molecule has 1 fully saturated rings. The Morgan fingerprint density at radius 2 is 2.00 bits per heavy atom. The normalized spacial score (nSPS) is 32.2. The molecule has 66 valence electrons. The largest absolute Gasteiger partial charge is 0.382 e. The highest BCUT2D eigenvalue weighted by atomic mass is 16.7. The Bertz CT molecular complexity index is 105. The summed E-state index contributed by atoms with van der Waals surface area (Å²) in [7, 11) is 3.23. The van der Waals surface area contributed by atoms with Crippen LogP contribution in [0.25, 0.3) is 0 Å². The van der Waals surface area contributed by atoms with Crippen LogP contribution in [-0.4, -0.2) is 46.4 Å². The standard InChI is InChI=1S/C7H14O4/c1-8-5-6-7(9-2)11-4-3-10-6/h6-7H,3-5H2,1-2H3. The molecule has 0 spiro atoms. The fourth-order valence-electron chi connectivity index (χ4n) is 1.06. The van der Waals surface area contributed by atoms with Crippen LogP contribution in [0, 0.1) is 0 Å². The molecule has 0 aromatic carbocycles. The molecule has 0 N–H and O–H groups in total. The Hall–Kier alpha value is -0.160. The molecule has 1 rings (SSSR count). The van der Waals surface area contributed by atoms with Gasteiger partial charge in [0.15, 0.2) is 6.29 Å². The van der Waals surface area contributed by atoms with Gasteiger partial charge in [0, 0.05) is 14.2 Å². The van der Waals surface area contributed by atoms with Crippen molar-refractivity contribution in [1.29, 1.82) is 0 Å². The monoisotopic (exact) mass is 162 g/mol. The van der Waals surface area contributed by atoms with Crippen molar-refractivity contribution in [2.45, 2.75) is 12.4 Å². The molecule has 0 aromatic heterocycles. The lowest BCUT2D eigenvalue weighted by molar-refractivity contribution is -0.246. The van der Waals surface area contributed by atoms with E-state index in [0.29, 0.717) is 19.8 Å². The first-order valence-corrected chi connectivity index (χ1v) is 3.63. The highest BCUT2D eigenvalue weighted by molar-refractivity contribution is 4.65. The average molecular weight is 162 g/mol. The number of ether oxygens (including phenoxy) is 4. The molecule has 2 atom stereocenters. The van der Waals surface area contributed by atoms with Gasteiger partial charge in [0.1, 0.15) is 6.10 Å². The molecule has 4 heteroatoms. The number of hydrogen-bond donors (Lipinski definition) is 0. The van der Waals surface area contributed by atoms with Crippen molar-refractivity contribution in [3.63, 3.8) is 0 Å². The summed E-state index contributed by atoms with van der Waals surface area (Å²) in [6, 6.07) is 0. The molecule has 1 aliphatic rings. The van der Waals surface area contributed by atoms with Crippen molar-refractivity contribution < 1.29 is 18.9 Å². The Kier molecular flexibility index (Phi) is 3.79. The lowest BCUT2D eigenvalue weighted by Crippen LogP contribution is -2.42. The quantitative estimate of drug-likeness (QED) is 0.586. The van der Waals surface area contributed by atoms with Gasteiger partial charge in [-0.15, -0.1) is 0 Å². The highest BCUT2D eigenvalue weighted by Gasteiger charge is 2.26. The third-order valence-corrected chi connectivity index (χ3v) is 1.56. The van der Waals surface area contributed by atoms with Crippen molar-refractivity contribution in [2.24, 2.45) is 0 Å². The SMILES string of the molecule is COCC1OCCOC1OC. The van der Waals surface area contributed by atoms with Crippen molar-refractivity contribution >= 4 is 0 Å². The van der Waals surface area contributed by atoms with E-state index >= 15 is 0 Å². The maximum absolute atomic E-state index is 5.35. The smallest absolute Gasteiger partial charge is 0.185 e. The molecule has 1 heterocycles. The number of hydrogen-bond acceptors (Lipinski definition) is 4. The summed E-state index contributed by atoms with van der Waals surface area (Å²) < 4.78 is 20.6. The van der Waals surface area contributed by atoms with Crippen molar-refractivity contribution in [1.82, 2.24) is 0 Å². The lowest BCUT2D eigenvalue weighted by atomic mass is 10.3. The molecule has 2 unspecified atom stereocenters. The first kappa shape index (κ1) is 8.93. The van der Waals surface area contributed by atoms with E-state index in [1.165, 1.54) is 0 Å². The summed E-state index contributed by atoms with van der Waals surface area (Å²) in [4.78, 5) is 0. The van der Waals surface area contributed by atoms with E-state index in [1.54, 1.807) is 14.2 Å². The van der Waals surface area contributed by atoms with Crippen LogP contribution in [0.4, 0.5) is 0 Å². The summed E-state index contributed by atoms with van der Waals surface area (Å²) in [5, 5.41) is 0. The molecule has 4 nitrogen and oxygen atoms in total. The van der Waals surface area contributed by atoms with Crippen molar-refractivity contribution in [2.75, 3.05) is 34.0 Å². The Balaban J connectivity index is 2.31. The lowest BCUT2D eigenvalue weighted by Gasteiger charge is -2.29. The van der Waals surface area contributed by atoms with Crippen molar-refractivity contribution in [3.8, 4) is 0 Å². The first-order chi connectivity index (χ1) is 5.38. The van der Waals surface area contributed by atoms with Gasteiger partial charge in [0.2, 0.25) is 0 Å². The zero-order valence-corrected chi connectivity index (χ0v) is 6.91. The van der Waals surface area contributed by atoms with E-state index in [1.807, 2.05) is 0 Å². The van der Waals surface area contributed by atoms with Crippen LogP contribution in [0.15, 0.2) is 0 Å². The second-order valence-corrected chi connectivity index (χ2v) is 2.34. The summed E-state index contributed by atoms with van der Waals surface area (Å²) in [5.74, 6) is 0. The van der Waals surface area contributed by atoms with E-state index < -0.39 is 0 Å². The third-order valence-electron chi connectivity index (χ3n) is 1.56. The molecule has 0 saturated carbocycles. The van der Waals surface area contributed by atoms with E-state index in [4.69, 9.17) is 18.9 Å². The van der Waals surface area contributed by atoms with Crippen LogP contribution in [0.5, 0.6) is 0 Å². The Labute approximate surface area is 66.4 Å². The van der Waals surface area contributed by atoms with Crippen LogP contribution in [0.3, 0.4) is 0 Å². The van der Waals surface area contributed by atoms with Gasteiger partial charge in [0.05, 0.1) is 19.8 Å². The predicted molar refractivity (Wildman–Crippen MR) is 38.4 cm³/mol. The van der Waals surface area contributed by atoms with Gasteiger partial charge in [-0.3, -0.25) is 0 Å². The van der Waals surface area contributed by atoms with Gasteiger partial charge in [-0.25, -0.2) is 0 Å². The van der Waals surface area contributed by atoms with Crippen LogP contribution in [0.1, 0.15) is 0 Å². The third kappa shape index (κ3) is 2.41. The molecule has 0 bridgehead atoms. The van der Waals surface area contributed by atoms with Gasteiger partial charge < -0.3 is 18.9 Å². The van der Waals surface area contributed by atoms with Crippen molar-refractivity contribution in [3.05, 3.63) is 0 Å². The van der Waals surface area contributed by atoms with Gasteiger partial charge in [-0.05, 0) is 0 Å². The molecule has 0 aliphatic carbocycles. The highest BCUT2D eigenvalue weighted by Crippen LogP contribution is 2.10. The van der Waals surface area contributed by atoms with Crippen LogP contribution in [0.2, 0.25) is 0 Å². The summed E-state index contributed by atoms with van der Waals surface area (Å²) >= 11 is 0. The summed E-state index contributed by atoms with van der Waals surface area (Å²) in [5.41, 5.74) is 0. The minimum Gasteiger partial charge on any atom is -0.382 e. The molecule has 1 aliphatic heterocycles. The van der Waals surface area contributed by atoms with Gasteiger partial charge in [0.25, 0.3) is 0 Å². The fourth-order valence-corrected chi connectivity index (χ4v) is 1.06. The van der Waals surface area contributed by atoms with E-state index in [-0.39, 0.29) is 12.4 Å². The molecule has 11 heavy (non-hydrogen) atoms.